The maximum Gasteiger partial charge on any atom is 0.296 e. The van der Waals surface area contributed by atoms with Crippen LogP contribution in [0.2, 0.25) is 0 Å². The maximum atomic E-state index is 12.2. The standard InChI is InChI=1S/C13H15ClO3/c14-12(17)10(15)11(16)13-4-7-1-8(5-13)3-9(2-7)6-13/h7-9H,1-6H2. The van der Waals surface area contributed by atoms with Crippen LogP contribution >= 0.6 is 11.6 Å². The molecular formula is C13H15ClO3. The Hall–Kier alpha value is -0.700. The molecular weight excluding hydrogens is 240 g/mol. The average molecular weight is 255 g/mol. The molecule has 0 spiro atoms. The fraction of sp³-hybridized carbons (Fsp3) is 0.769. The monoisotopic (exact) mass is 254 g/mol. The molecule has 0 heterocycles. The zero-order valence-corrected chi connectivity index (χ0v) is 10.3. The third-order valence-electron chi connectivity index (χ3n) is 4.90. The summed E-state index contributed by atoms with van der Waals surface area (Å²) in [6.07, 6.45) is 6.01. The van der Waals surface area contributed by atoms with Gasteiger partial charge in [0.1, 0.15) is 0 Å². The Morgan fingerprint density at radius 2 is 1.29 bits per heavy atom. The summed E-state index contributed by atoms with van der Waals surface area (Å²) in [6, 6.07) is 0. The van der Waals surface area contributed by atoms with Crippen molar-refractivity contribution in [2.24, 2.45) is 23.2 Å². The Bertz CT molecular complexity index is 378. The molecule has 4 saturated carbocycles. The number of ketones is 2. The van der Waals surface area contributed by atoms with E-state index in [-0.39, 0.29) is 0 Å². The van der Waals surface area contributed by atoms with E-state index >= 15 is 0 Å². The van der Waals surface area contributed by atoms with Crippen LogP contribution in [-0.4, -0.2) is 16.8 Å². The van der Waals surface area contributed by atoms with Gasteiger partial charge in [0, 0.05) is 5.41 Å². The zero-order chi connectivity index (χ0) is 12.2. The molecule has 4 aliphatic rings. The topological polar surface area (TPSA) is 51.2 Å². The Morgan fingerprint density at radius 3 is 1.65 bits per heavy atom. The van der Waals surface area contributed by atoms with E-state index in [1.54, 1.807) is 0 Å². The molecule has 0 aromatic heterocycles. The van der Waals surface area contributed by atoms with Crippen LogP contribution in [0.25, 0.3) is 0 Å². The lowest BCUT2D eigenvalue weighted by Gasteiger charge is -2.55. The Morgan fingerprint density at radius 1 is 0.882 bits per heavy atom. The number of rotatable bonds is 3. The third-order valence-corrected chi connectivity index (χ3v) is 5.08. The lowest BCUT2D eigenvalue weighted by molar-refractivity contribution is -0.154. The van der Waals surface area contributed by atoms with Crippen molar-refractivity contribution in [2.45, 2.75) is 38.5 Å². The molecule has 0 aliphatic heterocycles. The first-order valence-electron chi connectivity index (χ1n) is 6.29. The summed E-state index contributed by atoms with van der Waals surface area (Å²) < 4.78 is 0. The van der Waals surface area contributed by atoms with Gasteiger partial charge in [-0.05, 0) is 67.9 Å². The van der Waals surface area contributed by atoms with Crippen molar-refractivity contribution in [2.75, 3.05) is 0 Å². The summed E-state index contributed by atoms with van der Waals surface area (Å²) in [7, 11) is 0. The van der Waals surface area contributed by atoms with Crippen molar-refractivity contribution in [3.05, 3.63) is 0 Å². The van der Waals surface area contributed by atoms with Crippen molar-refractivity contribution < 1.29 is 14.4 Å². The van der Waals surface area contributed by atoms with Crippen LogP contribution in [0, 0.1) is 23.2 Å². The Balaban J connectivity index is 1.89. The minimum absolute atomic E-state index is 0.503. The summed E-state index contributed by atoms with van der Waals surface area (Å²) in [5.41, 5.74) is -0.531. The highest BCUT2D eigenvalue weighted by Gasteiger charge is 2.56. The van der Waals surface area contributed by atoms with E-state index < -0.39 is 22.2 Å². The van der Waals surface area contributed by atoms with Gasteiger partial charge in [-0.25, -0.2) is 0 Å². The van der Waals surface area contributed by atoms with Gasteiger partial charge in [0.2, 0.25) is 5.78 Å². The summed E-state index contributed by atoms with van der Waals surface area (Å²) in [5.74, 6) is 0.264. The number of hydrogen-bond acceptors (Lipinski definition) is 3. The Labute approximate surface area is 105 Å². The second kappa shape index (κ2) is 3.64. The predicted molar refractivity (Wildman–Crippen MR) is 61.5 cm³/mol. The molecule has 0 unspecified atom stereocenters. The van der Waals surface area contributed by atoms with Crippen LogP contribution in [0.4, 0.5) is 0 Å². The number of halogens is 1. The lowest BCUT2D eigenvalue weighted by atomic mass is 9.48. The van der Waals surface area contributed by atoms with Crippen molar-refractivity contribution in [1.29, 1.82) is 0 Å². The van der Waals surface area contributed by atoms with Gasteiger partial charge in [-0.1, -0.05) is 0 Å². The quantitative estimate of drug-likeness (QED) is 0.440. The Kier molecular flexibility index (Phi) is 2.44. The van der Waals surface area contributed by atoms with Crippen molar-refractivity contribution in [3.8, 4) is 0 Å². The molecule has 0 aromatic carbocycles. The highest BCUT2D eigenvalue weighted by atomic mass is 35.5. The second-order valence-electron chi connectivity index (χ2n) is 6.13. The fourth-order valence-electron chi connectivity index (χ4n) is 4.72. The lowest BCUT2D eigenvalue weighted by Crippen LogP contribution is -2.52. The molecule has 0 N–H and O–H groups in total. The van der Waals surface area contributed by atoms with Gasteiger partial charge in [0.05, 0.1) is 0 Å². The molecule has 4 aliphatic carbocycles. The molecule has 17 heavy (non-hydrogen) atoms. The molecule has 4 fully saturated rings. The third kappa shape index (κ3) is 1.67. The molecule has 4 rings (SSSR count). The van der Waals surface area contributed by atoms with Crippen molar-refractivity contribution in [1.82, 2.24) is 0 Å². The van der Waals surface area contributed by atoms with Crippen LogP contribution < -0.4 is 0 Å². The van der Waals surface area contributed by atoms with Crippen molar-refractivity contribution in [3.63, 3.8) is 0 Å². The van der Waals surface area contributed by atoms with E-state index in [0.717, 1.165) is 19.3 Å². The van der Waals surface area contributed by atoms with Gasteiger partial charge >= 0.3 is 0 Å². The first-order valence-corrected chi connectivity index (χ1v) is 6.66. The summed E-state index contributed by atoms with van der Waals surface area (Å²) in [6.45, 7) is 0. The van der Waals surface area contributed by atoms with Crippen LogP contribution in [0.5, 0.6) is 0 Å². The molecule has 4 bridgehead atoms. The van der Waals surface area contributed by atoms with Gasteiger partial charge in [-0.2, -0.15) is 0 Å². The van der Waals surface area contributed by atoms with E-state index in [2.05, 4.69) is 0 Å². The van der Waals surface area contributed by atoms with Crippen LogP contribution in [0.3, 0.4) is 0 Å². The van der Waals surface area contributed by atoms with Gasteiger partial charge < -0.3 is 0 Å². The fourth-order valence-corrected chi connectivity index (χ4v) is 4.80. The molecule has 92 valence electrons. The zero-order valence-electron chi connectivity index (χ0n) is 9.58. The predicted octanol–water partition coefficient (Wildman–Crippen LogP) is 2.11. The van der Waals surface area contributed by atoms with Gasteiger partial charge in [-0.15, -0.1) is 0 Å². The number of carbonyl (C=O) groups excluding carboxylic acids is 3. The average Bonchev–Trinajstić information content (AvgIpc) is 2.25. The molecule has 0 aromatic rings. The smallest absolute Gasteiger partial charge is 0.290 e. The van der Waals surface area contributed by atoms with Gasteiger partial charge in [0.15, 0.2) is 0 Å². The van der Waals surface area contributed by atoms with Crippen molar-refractivity contribution >= 4 is 28.4 Å². The van der Waals surface area contributed by atoms with Crippen LogP contribution in [-0.2, 0) is 14.4 Å². The highest BCUT2D eigenvalue weighted by molar-refractivity contribution is 6.90. The maximum absolute atomic E-state index is 12.2. The van der Waals surface area contributed by atoms with E-state index in [0.29, 0.717) is 17.8 Å². The summed E-state index contributed by atoms with van der Waals surface area (Å²) >= 11 is 5.15. The largest absolute Gasteiger partial charge is 0.296 e. The van der Waals surface area contributed by atoms with Gasteiger partial charge in [-0.3, -0.25) is 14.4 Å². The van der Waals surface area contributed by atoms with Crippen LogP contribution in [0.15, 0.2) is 0 Å². The normalized spacial score (nSPS) is 42.5. The molecule has 4 heteroatoms. The minimum atomic E-state index is -1.12. The van der Waals surface area contributed by atoms with E-state index in [4.69, 9.17) is 11.6 Å². The molecule has 0 radical (unpaired) electrons. The SMILES string of the molecule is O=C(Cl)C(=O)C(=O)C12CC3CC(CC(C3)C1)C2. The molecule has 0 amide bonds. The number of hydrogen-bond donors (Lipinski definition) is 0. The van der Waals surface area contributed by atoms with Gasteiger partial charge in [0.25, 0.3) is 11.0 Å². The van der Waals surface area contributed by atoms with E-state index in [1.165, 1.54) is 19.3 Å². The first kappa shape index (κ1) is 11.4. The minimum Gasteiger partial charge on any atom is -0.290 e. The number of Topliss-reactive ketones (excluding diaryl/α,β-unsaturated/α-hetero) is 2. The first-order chi connectivity index (χ1) is 8.00. The molecule has 0 saturated heterocycles. The number of carbonyl (C=O) groups is 3. The van der Waals surface area contributed by atoms with E-state index in [1.807, 2.05) is 0 Å². The second-order valence-corrected chi connectivity index (χ2v) is 6.47. The molecule has 0 atom stereocenters. The highest BCUT2D eigenvalue weighted by Crippen LogP contribution is 2.60. The molecule has 3 nitrogen and oxygen atoms in total. The van der Waals surface area contributed by atoms with E-state index in [9.17, 15) is 14.4 Å². The van der Waals surface area contributed by atoms with Crippen LogP contribution in [0.1, 0.15) is 38.5 Å². The summed E-state index contributed by atoms with van der Waals surface area (Å²) in [4.78, 5) is 34.6. The summed E-state index contributed by atoms with van der Waals surface area (Å²) in [5, 5.41) is -1.12.